The number of hydrogen-bond donors (Lipinski definition) is 2. The largest absolute Gasteiger partial charge is 0.481 e. The molecule has 1 aliphatic rings. The van der Waals surface area contributed by atoms with Crippen molar-refractivity contribution in [2.24, 2.45) is 5.92 Å². The van der Waals surface area contributed by atoms with Crippen LogP contribution in [0.1, 0.15) is 30.1 Å². The van der Waals surface area contributed by atoms with Gasteiger partial charge in [-0.2, -0.15) is 5.26 Å². The molecule has 1 aromatic carbocycles. The van der Waals surface area contributed by atoms with Crippen LogP contribution in [0.4, 0.5) is 0 Å². The van der Waals surface area contributed by atoms with E-state index < -0.39 is 12.1 Å². The van der Waals surface area contributed by atoms with E-state index in [4.69, 9.17) is 10.4 Å². The van der Waals surface area contributed by atoms with Crippen LogP contribution in [0.5, 0.6) is 0 Å². The summed E-state index contributed by atoms with van der Waals surface area (Å²) in [7, 11) is 0. The first-order valence-electron chi connectivity index (χ1n) is 6.73. The predicted octanol–water partition coefficient (Wildman–Crippen LogP) is 1.39. The number of aliphatic hydroxyl groups excluding tert-OH is 1. The highest BCUT2D eigenvalue weighted by molar-refractivity contribution is 5.70. The molecule has 0 amide bonds. The topological polar surface area (TPSA) is 84.6 Å². The first-order chi connectivity index (χ1) is 9.60. The molecular formula is C15H18N2O3. The predicted molar refractivity (Wildman–Crippen MR) is 72.9 cm³/mol. The van der Waals surface area contributed by atoms with Gasteiger partial charge < -0.3 is 10.2 Å². The third-order valence-corrected chi connectivity index (χ3v) is 3.71. The summed E-state index contributed by atoms with van der Waals surface area (Å²) in [6, 6.07) is 8.86. The molecule has 5 nitrogen and oxygen atoms in total. The number of likely N-dealkylation sites (tertiary alicyclic amines) is 1. The Kier molecular flexibility index (Phi) is 4.72. The number of hydrogen-bond acceptors (Lipinski definition) is 4. The van der Waals surface area contributed by atoms with E-state index in [0.717, 1.165) is 18.5 Å². The van der Waals surface area contributed by atoms with E-state index >= 15 is 0 Å². The number of carboxylic acids is 1. The van der Waals surface area contributed by atoms with Crippen molar-refractivity contribution in [1.29, 1.82) is 5.26 Å². The average Bonchev–Trinajstić information content (AvgIpc) is 2.47. The normalized spacial score (nSPS) is 21.1. The number of rotatable bonds is 4. The maximum atomic E-state index is 11.0. The van der Waals surface area contributed by atoms with Crippen LogP contribution in [0.2, 0.25) is 0 Å². The quantitative estimate of drug-likeness (QED) is 0.866. The zero-order valence-electron chi connectivity index (χ0n) is 11.2. The second-order valence-electron chi connectivity index (χ2n) is 5.19. The monoisotopic (exact) mass is 274 g/mol. The fourth-order valence-corrected chi connectivity index (χ4v) is 2.55. The molecule has 2 rings (SSSR count). The third-order valence-electron chi connectivity index (χ3n) is 3.71. The maximum absolute atomic E-state index is 11.0. The van der Waals surface area contributed by atoms with Crippen LogP contribution in [0.15, 0.2) is 24.3 Å². The van der Waals surface area contributed by atoms with Gasteiger partial charge in [0.05, 0.1) is 23.7 Å². The van der Waals surface area contributed by atoms with Crippen molar-refractivity contribution < 1.29 is 15.0 Å². The number of aliphatic carboxylic acids is 1. The lowest BCUT2D eigenvalue weighted by Crippen LogP contribution is -2.40. The molecule has 1 fully saturated rings. The van der Waals surface area contributed by atoms with Gasteiger partial charge in [-0.05, 0) is 37.1 Å². The molecule has 0 saturated carbocycles. The van der Waals surface area contributed by atoms with Gasteiger partial charge in [0.25, 0.3) is 0 Å². The Labute approximate surface area is 118 Å². The Morgan fingerprint density at radius 2 is 2.15 bits per heavy atom. The van der Waals surface area contributed by atoms with Gasteiger partial charge in [0.1, 0.15) is 0 Å². The van der Waals surface area contributed by atoms with Gasteiger partial charge in [-0.25, -0.2) is 0 Å². The van der Waals surface area contributed by atoms with Gasteiger partial charge in [0, 0.05) is 13.1 Å². The van der Waals surface area contributed by atoms with Crippen LogP contribution in [-0.2, 0) is 4.79 Å². The van der Waals surface area contributed by atoms with Crippen molar-refractivity contribution in [3.63, 3.8) is 0 Å². The number of aliphatic hydroxyl groups is 1. The van der Waals surface area contributed by atoms with Crippen molar-refractivity contribution >= 4 is 5.97 Å². The summed E-state index contributed by atoms with van der Waals surface area (Å²) in [4.78, 5) is 13.0. The number of nitriles is 1. The smallest absolute Gasteiger partial charge is 0.307 e. The van der Waals surface area contributed by atoms with E-state index in [0.29, 0.717) is 25.1 Å². The number of benzene rings is 1. The molecule has 20 heavy (non-hydrogen) atoms. The SMILES string of the molecule is N#Cc1ccc([C@@H](O)CN2CCCC(C(=O)O)C2)cc1. The van der Waals surface area contributed by atoms with E-state index in [1.807, 2.05) is 11.0 Å². The van der Waals surface area contributed by atoms with Crippen LogP contribution in [0.3, 0.4) is 0 Å². The molecule has 1 saturated heterocycles. The van der Waals surface area contributed by atoms with Crippen molar-refractivity contribution in [2.75, 3.05) is 19.6 Å². The molecule has 1 unspecified atom stereocenters. The highest BCUT2D eigenvalue weighted by Crippen LogP contribution is 2.21. The van der Waals surface area contributed by atoms with Gasteiger partial charge >= 0.3 is 5.97 Å². The molecule has 0 aliphatic carbocycles. The minimum Gasteiger partial charge on any atom is -0.481 e. The Balaban J connectivity index is 1.94. The van der Waals surface area contributed by atoms with Gasteiger partial charge in [0.2, 0.25) is 0 Å². The highest BCUT2D eigenvalue weighted by Gasteiger charge is 2.26. The number of piperidine rings is 1. The maximum Gasteiger partial charge on any atom is 0.307 e. The molecule has 0 aromatic heterocycles. The molecule has 106 valence electrons. The van der Waals surface area contributed by atoms with Crippen LogP contribution >= 0.6 is 0 Å². The van der Waals surface area contributed by atoms with Crippen LogP contribution in [-0.4, -0.2) is 40.7 Å². The second-order valence-corrected chi connectivity index (χ2v) is 5.19. The molecule has 0 bridgehead atoms. The van der Waals surface area contributed by atoms with Crippen LogP contribution in [0.25, 0.3) is 0 Å². The lowest BCUT2D eigenvalue weighted by Gasteiger charge is -2.32. The second kappa shape index (κ2) is 6.51. The van der Waals surface area contributed by atoms with Gasteiger partial charge in [-0.15, -0.1) is 0 Å². The van der Waals surface area contributed by atoms with Crippen molar-refractivity contribution in [2.45, 2.75) is 18.9 Å². The average molecular weight is 274 g/mol. The van der Waals surface area contributed by atoms with E-state index in [1.54, 1.807) is 24.3 Å². The van der Waals surface area contributed by atoms with E-state index in [-0.39, 0.29) is 5.92 Å². The molecule has 0 radical (unpaired) electrons. The molecule has 2 atom stereocenters. The number of nitrogens with zero attached hydrogens (tertiary/aromatic N) is 2. The number of carbonyl (C=O) groups is 1. The molecule has 1 aromatic rings. The van der Waals surface area contributed by atoms with Crippen LogP contribution < -0.4 is 0 Å². The van der Waals surface area contributed by atoms with E-state index in [9.17, 15) is 9.90 Å². The summed E-state index contributed by atoms with van der Waals surface area (Å²) in [5, 5.41) is 28.0. The summed E-state index contributed by atoms with van der Waals surface area (Å²) >= 11 is 0. The number of β-amino-alcohol motifs (C(OH)–C–C–N with tert-alkyl or cyclic N) is 1. The molecule has 5 heteroatoms. The van der Waals surface area contributed by atoms with E-state index in [2.05, 4.69) is 0 Å². The Bertz CT molecular complexity index is 507. The van der Waals surface area contributed by atoms with E-state index in [1.165, 1.54) is 0 Å². The minimum absolute atomic E-state index is 0.336. The zero-order chi connectivity index (χ0) is 14.5. The van der Waals surface area contributed by atoms with Gasteiger partial charge in [-0.1, -0.05) is 12.1 Å². The summed E-state index contributed by atoms with van der Waals surface area (Å²) in [5.74, 6) is -1.10. The molecule has 1 aliphatic heterocycles. The standard InChI is InChI=1S/C15H18N2O3/c16-8-11-3-5-12(6-4-11)14(18)10-17-7-1-2-13(9-17)15(19)20/h3-6,13-14,18H,1-2,7,9-10H2,(H,19,20)/t13?,14-/m0/s1. The summed E-state index contributed by atoms with van der Waals surface area (Å²) in [6.45, 7) is 1.73. The Morgan fingerprint density at radius 1 is 1.45 bits per heavy atom. The fourth-order valence-electron chi connectivity index (χ4n) is 2.55. The van der Waals surface area contributed by atoms with Crippen molar-refractivity contribution in [1.82, 2.24) is 4.90 Å². The van der Waals surface area contributed by atoms with Gasteiger partial charge in [0.15, 0.2) is 0 Å². The molecule has 0 spiro atoms. The highest BCUT2D eigenvalue weighted by atomic mass is 16.4. The molecule has 2 N–H and O–H groups in total. The summed E-state index contributed by atoms with van der Waals surface area (Å²) in [6.07, 6.45) is 0.894. The summed E-state index contributed by atoms with van der Waals surface area (Å²) < 4.78 is 0. The van der Waals surface area contributed by atoms with Crippen LogP contribution in [0, 0.1) is 17.2 Å². The minimum atomic E-state index is -0.762. The Hall–Kier alpha value is -1.90. The third kappa shape index (κ3) is 3.56. The lowest BCUT2D eigenvalue weighted by atomic mass is 9.97. The molecular weight excluding hydrogens is 256 g/mol. The Morgan fingerprint density at radius 3 is 2.75 bits per heavy atom. The van der Waals surface area contributed by atoms with Crippen molar-refractivity contribution in [3.05, 3.63) is 35.4 Å². The zero-order valence-corrected chi connectivity index (χ0v) is 11.2. The molecule has 1 heterocycles. The van der Waals surface area contributed by atoms with Crippen molar-refractivity contribution in [3.8, 4) is 6.07 Å². The van der Waals surface area contributed by atoms with Gasteiger partial charge in [-0.3, -0.25) is 9.69 Å². The fraction of sp³-hybridized carbons (Fsp3) is 0.467. The lowest BCUT2D eigenvalue weighted by molar-refractivity contribution is -0.143. The summed E-state index contributed by atoms with van der Waals surface area (Å²) in [5.41, 5.74) is 1.31. The first kappa shape index (κ1) is 14.5. The number of carboxylic acid groups (broad SMARTS) is 1. The first-order valence-corrected chi connectivity index (χ1v) is 6.73.